The third-order valence-electron chi connectivity index (χ3n) is 6.39. The molecule has 2 heterocycles. The maximum absolute atomic E-state index is 13.5. The van der Waals surface area contributed by atoms with Gasteiger partial charge in [-0.05, 0) is 87.3 Å². The van der Waals surface area contributed by atoms with E-state index >= 15 is 0 Å². The van der Waals surface area contributed by atoms with Crippen LogP contribution in [-0.2, 0) is 0 Å². The van der Waals surface area contributed by atoms with Gasteiger partial charge in [-0.1, -0.05) is 18.2 Å². The number of rotatable bonds is 5. The van der Waals surface area contributed by atoms with Crippen LogP contribution < -0.4 is 10.7 Å². The molecule has 0 bridgehead atoms. The van der Waals surface area contributed by atoms with Crippen molar-refractivity contribution in [3.8, 4) is 11.3 Å². The molecule has 35 heavy (non-hydrogen) atoms. The normalized spacial score (nSPS) is 12.3. The van der Waals surface area contributed by atoms with Gasteiger partial charge < -0.3 is 14.7 Å². The van der Waals surface area contributed by atoms with Crippen molar-refractivity contribution in [3.63, 3.8) is 0 Å². The lowest BCUT2D eigenvalue weighted by Crippen LogP contribution is -2.13. The van der Waals surface area contributed by atoms with Crippen molar-refractivity contribution in [2.24, 2.45) is 0 Å². The van der Waals surface area contributed by atoms with E-state index in [-0.39, 0.29) is 11.5 Å². The molecule has 0 aliphatic heterocycles. The lowest BCUT2D eigenvalue weighted by atomic mass is 9.98. The molecule has 1 atom stereocenters. The second-order valence-electron chi connectivity index (χ2n) is 9.06. The summed E-state index contributed by atoms with van der Waals surface area (Å²) in [6.45, 7) is 7.74. The number of carbonyl (C=O) groups excluding carboxylic acids is 1. The Morgan fingerprint density at radius 1 is 1.03 bits per heavy atom. The number of aryl methyl sites for hydroxylation is 2. The summed E-state index contributed by atoms with van der Waals surface area (Å²) in [6, 6.07) is 18.8. The number of nitrogens with one attached hydrogen (secondary N) is 2. The van der Waals surface area contributed by atoms with Gasteiger partial charge in [-0.15, -0.1) is 0 Å². The quantitative estimate of drug-likeness (QED) is 0.254. The third-order valence-corrected chi connectivity index (χ3v) is 6.59. The van der Waals surface area contributed by atoms with Gasteiger partial charge in [-0.3, -0.25) is 9.59 Å². The molecule has 2 aromatic heterocycles. The third kappa shape index (κ3) is 4.13. The number of halogens is 1. The summed E-state index contributed by atoms with van der Waals surface area (Å²) in [5.41, 5.74) is 6.79. The first-order chi connectivity index (χ1) is 16.7. The number of hydrogen-bond donors (Lipinski definition) is 2. The lowest BCUT2D eigenvalue weighted by molar-refractivity contribution is 0.108. The minimum Gasteiger partial charge on any atom is -0.455 e. The average molecular weight is 485 g/mol. The van der Waals surface area contributed by atoms with Crippen molar-refractivity contribution in [1.29, 1.82) is 0 Å². The van der Waals surface area contributed by atoms with Gasteiger partial charge in [0.2, 0.25) is 0 Å². The Labute approximate surface area is 207 Å². The molecule has 0 spiro atoms. The summed E-state index contributed by atoms with van der Waals surface area (Å²) in [4.78, 5) is 28.7. The van der Waals surface area contributed by atoms with E-state index in [1.807, 2.05) is 63.2 Å². The molecule has 6 heteroatoms. The highest BCUT2D eigenvalue weighted by atomic mass is 35.5. The van der Waals surface area contributed by atoms with Crippen LogP contribution in [0.1, 0.15) is 45.7 Å². The Hall–Kier alpha value is -3.83. The van der Waals surface area contributed by atoms with E-state index in [1.165, 1.54) is 0 Å². The second kappa shape index (κ2) is 8.75. The fourth-order valence-electron chi connectivity index (χ4n) is 4.67. The highest BCUT2D eigenvalue weighted by Crippen LogP contribution is 2.34. The van der Waals surface area contributed by atoms with E-state index in [9.17, 15) is 9.59 Å². The van der Waals surface area contributed by atoms with Crippen molar-refractivity contribution in [2.75, 3.05) is 5.32 Å². The molecule has 176 valence electrons. The number of aromatic nitrogens is 1. The van der Waals surface area contributed by atoms with Crippen LogP contribution in [0.15, 0.2) is 69.9 Å². The average Bonchev–Trinajstić information content (AvgIpc) is 3.20. The summed E-state index contributed by atoms with van der Waals surface area (Å²) < 4.78 is 6.49. The molecule has 0 aliphatic rings. The van der Waals surface area contributed by atoms with Gasteiger partial charge in [0.15, 0.2) is 5.43 Å². The topological polar surface area (TPSA) is 75.1 Å². The molecule has 5 nitrogen and oxygen atoms in total. The van der Waals surface area contributed by atoms with Crippen molar-refractivity contribution in [1.82, 2.24) is 4.98 Å². The minimum atomic E-state index is -0.533. The van der Waals surface area contributed by atoms with E-state index in [1.54, 1.807) is 19.1 Å². The largest absolute Gasteiger partial charge is 0.455 e. The highest BCUT2D eigenvalue weighted by Gasteiger charge is 2.20. The van der Waals surface area contributed by atoms with Crippen LogP contribution in [-0.4, -0.2) is 10.2 Å². The molecule has 0 radical (unpaired) electrons. The Morgan fingerprint density at radius 2 is 1.80 bits per heavy atom. The van der Waals surface area contributed by atoms with E-state index in [0.29, 0.717) is 33.5 Å². The predicted octanol–water partition coefficient (Wildman–Crippen LogP) is 7.42. The van der Waals surface area contributed by atoms with Crippen LogP contribution in [0.25, 0.3) is 33.2 Å². The zero-order chi connectivity index (χ0) is 24.9. The molecule has 5 rings (SSSR count). The molecule has 0 saturated carbocycles. The summed E-state index contributed by atoms with van der Waals surface area (Å²) in [7, 11) is 0. The molecule has 5 aromatic rings. The molecule has 3 aromatic carbocycles. The van der Waals surface area contributed by atoms with Crippen LogP contribution in [0.4, 0.5) is 5.69 Å². The summed E-state index contributed by atoms with van der Waals surface area (Å²) in [5.74, 6) is 0.553. The maximum Gasteiger partial charge on any atom is 0.254 e. The number of fused-ring (bicyclic) bond motifs is 2. The number of aromatic amines is 1. The van der Waals surface area contributed by atoms with Gasteiger partial charge in [0.1, 0.15) is 11.3 Å². The first kappa shape index (κ1) is 22.9. The first-order valence-corrected chi connectivity index (χ1v) is 11.8. The SMILES string of the molecule is Cc1cc([C@@H](C)Nc2ccccc2C(=O)Cl)c2oc(-c3ccc4[nH]c(C)cc4c3)c(C)c(=O)c2c1. The van der Waals surface area contributed by atoms with E-state index in [2.05, 4.69) is 16.4 Å². The smallest absolute Gasteiger partial charge is 0.254 e. The molecule has 0 unspecified atom stereocenters. The molecule has 0 saturated heterocycles. The van der Waals surface area contributed by atoms with Crippen LogP contribution in [0.5, 0.6) is 0 Å². The van der Waals surface area contributed by atoms with Gasteiger partial charge in [-0.2, -0.15) is 0 Å². The van der Waals surface area contributed by atoms with Crippen molar-refractivity contribution >= 4 is 44.4 Å². The lowest BCUT2D eigenvalue weighted by Gasteiger charge is -2.20. The van der Waals surface area contributed by atoms with E-state index in [4.69, 9.17) is 16.0 Å². The van der Waals surface area contributed by atoms with Gasteiger partial charge in [0.05, 0.1) is 17.0 Å². The van der Waals surface area contributed by atoms with Crippen LogP contribution >= 0.6 is 11.6 Å². The zero-order valence-corrected chi connectivity index (χ0v) is 20.7. The van der Waals surface area contributed by atoms with Gasteiger partial charge in [-0.25, -0.2) is 0 Å². The molecular formula is C29H25ClN2O3. The highest BCUT2D eigenvalue weighted by molar-refractivity contribution is 6.68. The van der Waals surface area contributed by atoms with Crippen molar-refractivity contribution < 1.29 is 9.21 Å². The molecule has 0 amide bonds. The number of carbonyl (C=O) groups is 1. The maximum atomic E-state index is 13.5. The number of hydrogen-bond acceptors (Lipinski definition) is 4. The van der Waals surface area contributed by atoms with Gasteiger partial charge in [0.25, 0.3) is 5.24 Å². The number of benzene rings is 3. The Balaban J connectivity index is 1.68. The standard InChI is InChI=1S/C29H25ClN2O3/c1-15-11-22(18(4)32-25-8-6-5-7-21(25)29(30)34)28-23(12-15)26(33)17(3)27(35-28)19-9-10-24-20(14-19)13-16(2)31-24/h5-14,18,31-32H,1-4H3/t18-/m1/s1. The molecule has 2 N–H and O–H groups in total. The Morgan fingerprint density at radius 3 is 2.57 bits per heavy atom. The van der Waals surface area contributed by atoms with Gasteiger partial charge >= 0.3 is 0 Å². The fraction of sp³-hybridized carbons (Fsp3) is 0.172. The second-order valence-corrected chi connectivity index (χ2v) is 9.40. The van der Waals surface area contributed by atoms with E-state index < -0.39 is 5.24 Å². The van der Waals surface area contributed by atoms with Crippen LogP contribution in [0, 0.1) is 20.8 Å². The summed E-state index contributed by atoms with van der Waals surface area (Å²) in [6.07, 6.45) is 0. The van der Waals surface area contributed by atoms with Gasteiger partial charge in [0, 0.05) is 39.0 Å². The first-order valence-electron chi connectivity index (χ1n) is 11.5. The van der Waals surface area contributed by atoms with Crippen LogP contribution in [0.3, 0.4) is 0 Å². The van der Waals surface area contributed by atoms with E-state index in [0.717, 1.165) is 33.3 Å². The predicted molar refractivity (Wildman–Crippen MR) is 143 cm³/mol. The summed E-state index contributed by atoms with van der Waals surface area (Å²) >= 11 is 5.79. The zero-order valence-electron chi connectivity index (χ0n) is 20.0. The monoisotopic (exact) mass is 484 g/mol. The molecule has 0 aliphatic carbocycles. The number of para-hydroxylation sites is 1. The minimum absolute atomic E-state index is 0.0555. The summed E-state index contributed by atoms with van der Waals surface area (Å²) in [5, 5.41) is 4.44. The Bertz CT molecular complexity index is 1680. The van der Waals surface area contributed by atoms with Crippen molar-refractivity contribution in [3.05, 3.63) is 98.8 Å². The van der Waals surface area contributed by atoms with Crippen LogP contribution in [0.2, 0.25) is 0 Å². The number of H-pyrrole nitrogens is 1. The molecular weight excluding hydrogens is 460 g/mol. The molecule has 0 fully saturated rings. The fourth-order valence-corrected chi connectivity index (χ4v) is 4.84. The van der Waals surface area contributed by atoms with Crippen molar-refractivity contribution in [2.45, 2.75) is 33.7 Å². The Kier molecular flexibility index (Phi) is 5.73. The number of anilines is 1.